The molecule has 1 N–H and O–H groups in total. The molecule has 6 rings (SSSR count). The zero-order valence-corrected chi connectivity index (χ0v) is 23.1. The molecule has 0 saturated carbocycles. The molecule has 184 valence electrons. The third-order valence-corrected chi connectivity index (χ3v) is 7.67. The van der Waals surface area contributed by atoms with Gasteiger partial charge in [0.1, 0.15) is 16.2 Å². The first-order chi connectivity index (χ1) is 18.0. The van der Waals surface area contributed by atoms with Gasteiger partial charge in [0.15, 0.2) is 5.82 Å². The first kappa shape index (κ1) is 23.7. The molecule has 8 nitrogen and oxygen atoms in total. The van der Waals surface area contributed by atoms with E-state index in [1.807, 2.05) is 68.7 Å². The molecule has 4 aromatic heterocycles. The highest BCUT2D eigenvalue weighted by atomic mass is 127. The van der Waals surface area contributed by atoms with Crippen LogP contribution in [-0.2, 0) is 11.5 Å². The van der Waals surface area contributed by atoms with Crippen LogP contribution in [0, 0.1) is 0 Å². The molecule has 0 bridgehead atoms. The van der Waals surface area contributed by atoms with E-state index >= 15 is 0 Å². The fourth-order valence-electron chi connectivity index (χ4n) is 4.59. The molecule has 0 fully saturated rings. The van der Waals surface area contributed by atoms with E-state index in [0.717, 1.165) is 44.1 Å². The quantitative estimate of drug-likeness (QED) is 0.185. The molecule has 0 amide bonds. The van der Waals surface area contributed by atoms with E-state index in [2.05, 4.69) is 49.0 Å². The van der Waals surface area contributed by atoms with Crippen LogP contribution in [0.5, 0.6) is 0 Å². The minimum Gasteiger partial charge on any atom is -0.360 e. The topological polar surface area (TPSA) is 90.5 Å². The van der Waals surface area contributed by atoms with Crippen LogP contribution >= 0.6 is 33.9 Å². The Morgan fingerprint density at radius 2 is 1.95 bits per heavy atom. The molecule has 0 unspecified atom stereocenters. The number of fused-ring (bicyclic) bond motifs is 2. The number of aryl methyl sites for hydroxylation is 1. The number of hydrogen-bond acceptors (Lipinski definition) is 7. The molecule has 4 heterocycles. The van der Waals surface area contributed by atoms with Gasteiger partial charge in [-0.2, -0.15) is 5.10 Å². The summed E-state index contributed by atoms with van der Waals surface area (Å²) in [5, 5.41) is 9.38. The number of hydrogen-bond donors (Lipinski definition) is 1. The second-order valence-electron chi connectivity index (χ2n) is 8.71. The zero-order valence-electron chi connectivity index (χ0n) is 20.1. The molecular formula is C27H22IN7OS. The number of benzene rings is 2. The highest BCUT2D eigenvalue weighted by molar-refractivity contribution is 14.1. The van der Waals surface area contributed by atoms with Crippen LogP contribution in [0.15, 0.2) is 77.3 Å². The van der Waals surface area contributed by atoms with Gasteiger partial charge in [-0.25, -0.2) is 15.0 Å². The summed E-state index contributed by atoms with van der Waals surface area (Å²) in [4.78, 5) is 28.9. The monoisotopic (exact) mass is 619 g/mol. The van der Waals surface area contributed by atoms with Crippen LogP contribution in [0.1, 0.15) is 24.5 Å². The average molecular weight is 619 g/mol. The third-order valence-electron chi connectivity index (χ3n) is 6.27. The molecule has 6 aromatic rings. The number of thiazole rings is 1. The van der Waals surface area contributed by atoms with E-state index in [1.54, 1.807) is 21.0 Å². The lowest BCUT2D eigenvalue weighted by atomic mass is 9.99. The van der Waals surface area contributed by atoms with Gasteiger partial charge in [-0.1, -0.05) is 59.0 Å². The molecule has 10 heteroatoms. The molecule has 1 atom stereocenters. The van der Waals surface area contributed by atoms with Crippen molar-refractivity contribution in [2.45, 2.75) is 17.4 Å². The summed E-state index contributed by atoms with van der Waals surface area (Å²) < 4.78 is 4.23. The molecule has 0 radical (unpaired) electrons. The van der Waals surface area contributed by atoms with Crippen molar-refractivity contribution in [3.8, 4) is 16.8 Å². The van der Waals surface area contributed by atoms with Gasteiger partial charge in [-0.05, 0) is 36.1 Å². The first-order valence-electron chi connectivity index (χ1n) is 11.7. The number of para-hydroxylation sites is 1. The average Bonchev–Trinajstić information content (AvgIpc) is 3.57. The van der Waals surface area contributed by atoms with Crippen LogP contribution in [0.25, 0.3) is 37.9 Å². The molecule has 0 spiro atoms. The smallest absolute Gasteiger partial charge is 0.263 e. The van der Waals surface area contributed by atoms with Crippen LogP contribution < -0.4 is 10.9 Å². The number of pyridine rings is 1. The lowest BCUT2D eigenvalue weighted by molar-refractivity contribution is 0.768. The Labute approximate surface area is 230 Å². The van der Waals surface area contributed by atoms with Crippen LogP contribution in [0.4, 0.5) is 5.82 Å². The minimum absolute atomic E-state index is 0.0822. The summed E-state index contributed by atoms with van der Waals surface area (Å²) in [7, 11) is 1.87. The molecule has 0 aliphatic carbocycles. The van der Waals surface area contributed by atoms with Crippen LogP contribution in [-0.4, -0.2) is 29.3 Å². The Morgan fingerprint density at radius 3 is 2.70 bits per heavy atom. The van der Waals surface area contributed by atoms with Crippen LogP contribution in [0.2, 0.25) is 0 Å². The first-order valence-corrected chi connectivity index (χ1v) is 14.1. The maximum Gasteiger partial charge on any atom is 0.263 e. The normalized spacial score (nSPS) is 12.3. The van der Waals surface area contributed by atoms with Gasteiger partial charge in [-0.3, -0.25) is 14.0 Å². The zero-order chi connectivity index (χ0) is 25.5. The molecule has 37 heavy (non-hydrogen) atoms. The lowest BCUT2D eigenvalue weighted by Crippen LogP contribution is -2.26. The Morgan fingerprint density at radius 1 is 1.11 bits per heavy atom. The van der Waals surface area contributed by atoms with Crippen molar-refractivity contribution < 1.29 is 0 Å². The highest BCUT2D eigenvalue weighted by Gasteiger charge is 2.21. The predicted molar refractivity (Wildman–Crippen MR) is 157 cm³/mol. The standard InChI is InChI=1S/C27H22IN7OS/c1-16(31-25-24-26(37-15-29-24)33-22(12-28)32-25)21-11-17-7-6-10-20(18-13-30-34(2)14-18)23(17)27(36)35(21)19-8-4-3-5-9-19/h3-11,13-16H,12H2,1-2H3,(H,31,32,33)/t16-/m0/s1. The second-order valence-corrected chi connectivity index (χ2v) is 10.3. The van der Waals surface area contributed by atoms with Crippen molar-refractivity contribution in [3.63, 3.8) is 0 Å². The summed E-state index contributed by atoms with van der Waals surface area (Å²) in [5.74, 6) is 1.41. The van der Waals surface area contributed by atoms with Crippen molar-refractivity contribution in [2.24, 2.45) is 7.05 Å². The number of nitrogens with zero attached hydrogens (tertiary/aromatic N) is 6. The van der Waals surface area contributed by atoms with Crippen molar-refractivity contribution in [1.82, 2.24) is 29.3 Å². The van der Waals surface area contributed by atoms with E-state index in [4.69, 9.17) is 4.98 Å². The molecular weight excluding hydrogens is 597 g/mol. The van der Waals surface area contributed by atoms with Crippen molar-refractivity contribution in [1.29, 1.82) is 0 Å². The molecule has 2 aromatic carbocycles. The minimum atomic E-state index is -0.249. The maximum absolute atomic E-state index is 14.2. The lowest BCUT2D eigenvalue weighted by Gasteiger charge is -2.22. The Balaban J connectivity index is 1.56. The van der Waals surface area contributed by atoms with Crippen molar-refractivity contribution in [3.05, 3.63) is 94.4 Å². The van der Waals surface area contributed by atoms with E-state index in [1.165, 1.54) is 11.3 Å². The number of halogens is 1. The van der Waals surface area contributed by atoms with Gasteiger partial charge < -0.3 is 5.32 Å². The van der Waals surface area contributed by atoms with Gasteiger partial charge in [-0.15, -0.1) is 11.3 Å². The fourth-order valence-corrected chi connectivity index (χ4v) is 5.61. The Bertz CT molecular complexity index is 1810. The largest absolute Gasteiger partial charge is 0.360 e. The summed E-state index contributed by atoms with van der Waals surface area (Å²) in [6.45, 7) is 2.04. The molecule has 0 saturated heterocycles. The van der Waals surface area contributed by atoms with Crippen molar-refractivity contribution in [2.75, 3.05) is 5.32 Å². The number of aromatic nitrogens is 6. The summed E-state index contributed by atoms with van der Waals surface area (Å²) in [6, 6.07) is 17.5. The Hall–Kier alpha value is -3.64. The van der Waals surface area contributed by atoms with E-state index in [0.29, 0.717) is 15.6 Å². The highest BCUT2D eigenvalue weighted by Crippen LogP contribution is 2.31. The Kier molecular flexibility index (Phi) is 6.21. The molecule has 0 aliphatic heterocycles. The number of nitrogens with one attached hydrogen (secondary N) is 1. The predicted octanol–water partition coefficient (Wildman–Crippen LogP) is 5.90. The number of anilines is 1. The van der Waals surface area contributed by atoms with Gasteiger partial charge in [0, 0.05) is 30.2 Å². The summed E-state index contributed by atoms with van der Waals surface area (Å²) >= 11 is 3.75. The maximum atomic E-state index is 14.2. The third kappa shape index (κ3) is 4.29. The van der Waals surface area contributed by atoms with Gasteiger partial charge in [0.05, 0.1) is 27.6 Å². The van der Waals surface area contributed by atoms with E-state index in [9.17, 15) is 4.79 Å². The summed E-state index contributed by atoms with van der Waals surface area (Å²) in [6.07, 6.45) is 3.72. The number of alkyl halides is 1. The SMILES string of the molecule is C[C@H](Nc1nc(CI)nc2scnc12)c1cc2cccc(-c3cnn(C)c3)c2c(=O)n1-c1ccccc1. The van der Waals surface area contributed by atoms with Crippen LogP contribution in [0.3, 0.4) is 0 Å². The van der Waals surface area contributed by atoms with E-state index < -0.39 is 0 Å². The van der Waals surface area contributed by atoms with E-state index in [-0.39, 0.29) is 11.6 Å². The fraction of sp³-hybridized carbons (Fsp3) is 0.148. The number of rotatable bonds is 6. The second kappa shape index (κ2) is 9.67. The van der Waals surface area contributed by atoms with Gasteiger partial charge in [0.2, 0.25) is 0 Å². The van der Waals surface area contributed by atoms with Gasteiger partial charge >= 0.3 is 0 Å². The summed E-state index contributed by atoms with van der Waals surface area (Å²) in [5.41, 5.74) is 5.82. The molecule has 0 aliphatic rings. The van der Waals surface area contributed by atoms with Crippen molar-refractivity contribution >= 4 is 60.9 Å². The van der Waals surface area contributed by atoms with Gasteiger partial charge in [0.25, 0.3) is 5.56 Å².